The summed E-state index contributed by atoms with van der Waals surface area (Å²) in [4.78, 5) is 0. The fourth-order valence-corrected chi connectivity index (χ4v) is 0.877. The van der Waals surface area contributed by atoms with Crippen LogP contribution < -0.4 is 0 Å². The molecule has 0 unspecified atom stereocenters. The van der Waals surface area contributed by atoms with Gasteiger partial charge in [-0.25, -0.2) is 0 Å². The number of unbranched alkanes of at least 4 members (excludes halogenated alkanes) is 2. The Kier molecular flexibility index (Phi) is 6.24. The average Bonchev–Trinajstić information content (AvgIpc) is 1.99. The highest BCUT2D eigenvalue weighted by Crippen LogP contribution is 2.02. The fourth-order valence-electron chi connectivity index (χ4n) is 0.877. The van der Waals surface area contributed by atoms with Crippen LogP contribution in [0.1, 0.15) is 46.0 Å². The molecule has 0 saturated carbocycles. The number of nitrogens with zero attached hydrogens (tertiary/aromatic N) is 1. The average molecular weight is 143 g/mol. The Balaban J connectivity index is 3.27. The van der Waals surface area contributed by atoms with Crippen LogP contribution in [0.5, 0.6) is 0 Å². The quantitative estimate of drug-likeness (QED) is 0.273. The van der Waals surface area contributed by atoms with E-state index in [1.807, 2.05) is 6.92 Å². The van der Waals surface area contributed by atoms with Crippen molar-refractivity contribution in [3.05, 3.63) is 0 Å². The minimum Gasteiger partial charge on any atom is -0.411 e. The molecule has 0 rings (SSSR count). The highest BCUT2D eigenvalue weighted by atomic mass is 16.4. The molecule has 0 atom stereocenters. The van der Waals surface area contributed by atoms with Crippen LogP contribution in [0.15, 0.2) is 5.16 Å². The van der Waals surface area contributed by atoms with Crippen LogP contribution >= 0.6 is 0 Å². The minimum atomic E-state index is 0.875. The fraction of sp³-hybridized carbons (Fsp3) is 0.875. The molecule has 0 aromatic carbocycles. The van der Waals surface area contributed by atoms with Crippen molar-refractivity contribution in [3.63, 3.8) is 0 Å². The van der Waals surface area contributed by atoms with E-state index in [1.165, 1.54) is 12.8 Å². The van der Waals surface area contributed by atoms with Crippen LogP contribution in [0.2, 0.25) is 0 Å². The summed E-state index contributed by atoms with van der Waals surface area (Å²) in [6.45, 7) is 4.18. The predicted octanol–water partition coefficient (Wildman–Crippen LogP) is 2.81. The number of hydrogen-bond donors (Lipinski definition) is 1. The van der Waals surface area contributed by atoms with E-state index >= 15 is 0 Å². The van der Waals surface area contributed by atoms with Gasteiger partial charge in [-0.2, -0.15) is 0 Å². The van der Waals surface area contributed by atoms with Crippen LogP contribution in [0.25, 0.3) is 0 Å². The summed E-state index contributed by atoms with van der Waals surface area (Å²) in [7, 11) is 0. The van der Waals surface area contributed by atoms with E-state index in [9.17, 15) is 0 Å². The lowest BCUT2D eigenvalue weighted by Gasteiger charge is -1.98. The minimum absolute atomic E-state index is 0.875. The highest BCUT2D eigenvalue weighted by Gasteiger charge is 1.94. The third-order valence-electron chi connectivity index (χ3n) is 1.62. The van der Waals surface area contributed by atoms with E-state index in [0.29, 0.717) is 0 Å². The van der Waals surface area contributed by atoms with Gasteiger partial charge in [-0.3, -0.25) is 0 Å². The van der Waals surface area contributed by atoms with Gasteiger partial charge in [-0.05, 0) is 19.3 Å². The summed E-state index contributed by atoms with van der Waals surface area (Å²) in [5.74, 6) is 0. The van der Waals surface area contributed by atoms with E-state index in [4.69, 9.17) is 5.21 Å². The molecular formula is C8H17NO. The maximum absolute atomic E-state index is 8.41. The van der Waals surface area contributed by atoms with Gasteiger partial charge in [-0.15, -0.1) is 0 Å². The number of oxime groups is 1. The molecule has 0 aromatic heterocycles. The molecule has 60 valence electrons. The zero-order chi connectivity index (χ0) is 7.82. The molecule has 0 fully saturated rings. The summed E-state index contributed by atoms with van der Waals surface area (Å²) in [5, 5.41) is 11.6. The van der Waals surface area contributed by atoms with Crippen LogP contribution in [-0.2, 0) is 0 Å². The molecular weight excluding hydrogens is 126 g/mol. The van der Waals surface area contributed by atoms with E-state index in [2.05, 4.69) is 12.1 Å². The molecule has 0 radical (unpaired) electrons. The van der Waals surface area contributed by atoms with Gasteiger partial charge in [-0.1, -0.05) is 31.8 Å². The van der Waals surface area contributed by atoms with Gasteiger partial charge in [0.05, 0.1) is 5.71 Å². The SMILES string of the molecule is CCCCC/C(CC)=N\O. The molecule has 0 amide bonds. The molecule has 0 aliphatic rings. The number of rotatable bonds is 5. The van der Waals surface area contributed by atoms with Crippen molar-refractivity contribution in [2.24, 2.45) is 5.16 Å². The molecule has 0 spiro atoms. The topological polar surface area (TPSA) is 32.6 Å². The summed E-state index contributed by atoms with van der Waals surface area (Å²) >= 11 is 0. The van der Waals surface area contributed by atoms with Crippen LogP contribution in [0.3, 0.4) is 0 Å². The van der Waals surface area contributed by atoms with E-state index < -0.39 is 0 Å². The van der Waals surface area contributed by atoms with Gasteiger partial charge in [0.15, 0.2) is 0 Å². The molecule has 0 heterocycles. The Morgan fingerprint density at radius 1 is 1.30 bits per heavy atom. The lowest BCUT2D eigenvalue weighted by atomic mass is 10.1. The number of hydrogen-bond acceptors (Lipinski definition) is 2. The largest absolute Gasteiger partial charge is 0.411 e. The Bertz CT molecular complexity index is 99.4. The molecule has 2 nitrogen and oxygen atoms in total. The molecule has 10 heavy (non-hydrogen) atoms. The van der Waals surface area contributed by atoms with E-state index in [-0.39, 0.29) is 0 Å². The monoisotopic (exact) mass is 143 g/mol. The van der Waals surface area contributed by atoms with Gasteiger partial charge in [0.2, 0.25) is 0 Å². The first-order valence-corrected chi connectivity index (χ1v) is 4.04. The molecule has 0 saturated heterocycles. The molecule has 1 N–H and O–H groups in total. The van der Waals surface area contributed by atoms with Crippen LogP contribution in [0, 0.1) is 0 Å². The molecule has 2 heteroatoms. The molecule has 0 aliphatic heterocycles. The van der Waals surface area contributed by atoms with Crippen molar-refractivity contribution in [1.29, 1.82) is 0 Å². The third-order valence-corrected chi connectivity index (χ3v) is 1.62. The standard InChI is InChI=1S/C8H17NO/c1-3-5-6-7-8(4-2)9-10/h10H,3-7H2,1-2H3/b9-8-. The lowest BCUT2D eigenvalue weighted by molar-refractivity contribution is 0.316. The predicted molar refractivity (Wildman–Crippen MR) is 43.7 cm³/mol. The van der Waals surface area contributed by atoms with Gasteiger partial charge in [0.25, 0.3) is 0 Å². The summed E-state index contributed by atoms with van der Waals surface area (Å²) < 4.78 is 0. The zero-order valence-corrected chi connectivity index (χ0v) is 6.93. The van der Waals surface area contributed by atoms with Crippen molar-refractivity contribution in [3.8, 4) is 0 Å². The second kappa shape index (κ2) is 6.59. The Hall–Kier alpha value is -0.530. The second-order valence-electron chi connectivity index (χ2n) is 2.48. The smallest absolute Gasteiger partial charge is 0.0568 e. The van der Waals surface area contributed by atoms with Crippen LogP contribution in [0.4, 0.5) is 0 Å². The zero-order valence-electron chi connectivity index (χ0n) is 6.93. The van der Waals surface area contributed by atoms with Gasteiger partial charge < -0.3 is 5.21 Å². The van der Waals surface area contributed by atoms with Crippen LogP contribution in [-0.4, -0.2) is 10.9 Å². The summed E-state index contributed by atoms with van der Waals surface area (Å²) in [6.07, 6.45) is 5.45. The molecule has 0 aromatic rings. The second-order valence-corrected chi connectivity index (χ2v) is 2.48. The first kappa shape index (κ1) is 9.47. The highest BCUT2D eigenvalue weighted by molar-refractivity contribution is 5.83. The van der Waals surface area contributed by atoms with E-state index in [0.717, 1.165) is 25.0 Å². The Labute approximate surface area is 62.9 Å². The van der Waals surface area contributed by atoms with Gasteiger partial charge in [0.1, 0.15) is 0 Å². The normalized spacial score (nSPS) is 12.0. The Morgan fingerprint density at radius 3 is 2.40 bits per heavy atom. The molecule has 0 aliphatic carbocycles. The van der Waals surface area contributed by atoms with Crippen molar-refractivity contribution in [2.75, 3.05) is 0 Å². The lowest BCUT2D eigenvalue weighted by Crippen LogP contribution is -1.95. The first-order chi connectivity index (χ1) is 4.85. The van der Waals surface area contributed by atoms with Crippen molar-refractivity contribution < 1.29 is 5.21 Å². The Morgan fingerprint density at radius 2 is 2.00 bits per heavy atom. The van der Waals surface area contributed by atoms with Crippen molar-refractivity contribution in [2.45, 2.75) is 46.0 Å². The summed E-state index contributed by atoms with van der Waals surface area (Å²) in [5.41, 5.74) is 0.924. The van der Waals surface area contributed by atoms with Crippen molar-refractivity contribution >= 4 is 5.71 Å². The van der Waals surface area contributed by atoms with Gasteiger partial charge in [0, 0.05) is 0 Å². The maximum atomic E-state index is 8.41. The first-order valence-electron chi connectivity index (χ1n) is 4.04. The maximum Gasteiger partial charge on any atom is 0.0568 e. The van der Waals surface area contributed by atoms with Crippen molar-refractivity contribution in [1.82, 2.24) is 0 Å². The van der Waals surface area contributed by atoms with E-state index in [1.54, 1.807) is 0 Å². The van der Waals surface area contributed by atoms with Gasteiger partial charge >= 0.3 is 0 Å². The molecule has 0 bridgehead atoms. The third kappa shape index (κ3) is 4.36. The summed E-state index contributed by atoms with van der Waals surface area (Å²) in [6, 6.07) is 0.